The van der Waals surface area contributed by atoms with Gasteiger partial charge in [-0.1, -0.05) is 0 Å². The van der Waals surface area contributed by atoms with Gasteiger partial charge >= 0.3 is 5.97 Å². The Morgan fingerprint density at radius 2 is 2.05 bits per heavy atom. The number of hydrazone groups is 1. The van der Waals surface area contributed by atoms with Crippen molar-refractivity contribution < 1.29 is 19.1 Å². The molecule has 0 aromatic heterocycles. The molecule has 0 saturated heterocycles. The number of nitrogens with zero attached hydrogens (tertiary/aromatic N) is 1. The number of benzene rings is 1. The molecule has 1 saturated carbocycles. The first-order chi connectivity index (χ1) is 10.7. The Kier molecular flexibility index (Phi) is 5.52. The molecule has 2 rings (SSSR count). The fraction of sp³-hybridized carbons (Fsp3) is 0.438. The second-order valence-electron chi connectivity index (χ2n) is 4.97. The summed E-state index contributed by atoms with van der Waals surface area (Å²) in [7, 11) is 1.57. The first-order valence-electron chi connectivity index (χ1n) is 7.33. The molecule has 1 unspecified atom stereocenters. The van der Waals surface area contributed by atoms with Gasteiger partial charge in [0, 0.05) is 5.56 Å². The fourth-order valence-corrected chi connectivity index (χ4v) is 2.39. The van der Waals surface area contributed by atoms with Crippen LogP contribution >= 0.6 is 0 Å². The zero-order valence-electron chi connectivity index (χ0n) is 12.8. The van der Waals surface area contributed by atoms with E-state index in [-0.39, 0.29) is 17.8 Å². The summed E-state index contributed by atoms with van der Waals surface area (Å²) >= 11 is 0. The third kappa shape index (κ3) is 3.84. The molecule has 0 radical (unpaired) electrons. The van der Waals surface area contributed by atoms with Crippen molar-refractivity contribution >= 4 is 17.6 Å². The van der Waals surface area contributed by atoms with Gasteiger partial charge in [0.2, 0.25) is 0 Å². The van der Waals surface area contributed by atoms with Gasteiger partial charge in [-0.15, -0.1) is 0 Å². The minimum Gasteiger partial charge on any atom is -0.497 e. The second-order valence-corrected chi connectivity index (χ2v) is 4.97. The molecule has 1 aromatic rings. The van der Waals surface area contributed by atoms with Crippen LogP contribution in [0.15, 0.2) is 29.4 Å². The van der Waals surface area contributed by atoms with Crippen molar-refractivity contribution in [2.24, 2.45) is 11.0 Å². The third-order valence-corrected chi connectivity index (χ3v) is 3.55. The highest BCUT2D eigenvalue weighted by Gasteiger charge is 2.30. The van der Waals surface area contributed by atoms with Crippen LogP contribution in [0, 0.1) is 5.92 Å². The lowest BCUT2D eigenvalue weighted by atomic mass is 10.1. The van der Waals surface area contributed by atoms with Gasteiger partial charge in [-0.05, 0) is 50.5 Å². The van der Waals surface area contributed by atoms with Crippen molar-refractivity contribution in [2.45, 2.75) is 26.2 Å². The van der Waals surface area contributed by atoms with Gasteiger partial charge in [0.15, 0.2) is 0 Å². The van der Waals surface area contributed by atoms with Crippen molar-refractivity contribution in [2.75, 3.05) is 13.7 Å². The molecule has 1 aromatic carbocycles. The molecule has 0 aliphatic heterocycles. The van der Waals surface area contributed by atoms with E-state index in [0.29, 0.717) is 30.1 Å². The number of nitrogens with one attached hydrogen (secondary N) is 1. The van der Waals surface area contributed by atoms with Crippen LogP contribution in [-0.4, -0.2) is 31.3 Å². The molecule has 1 N–H and O–H groups in total. The highest BCUT2D eigenvalue weighted by Crippen LogP contribution is 2.23. The summed E-state index contributed by atoms with van der Waals surface area (Å²) in [5, 5.41) is 4.11. The summed E-state index contributed by atoms with van der Waals surface area (Å²) in [4.78, 5) is 23.8. The van der Waals surface area contributed by atoms with Crippen LogP contribution in [0.5, 0.6) is 5.75 Å². The summed E-state index contributed by atoms with van der Waals surface area (Å²) in [5.41, 5.74) is 3.67. The van der Waals surface area contributed by atoms with E-state index >= 15 is 0 Å². The van der Waals surface area contributed by atoms with Crippen LogP contribution in [0.1, 0.15) is 36.5 Å². The maximum absolute atomic E-state index is 12.0. The third-order valence-electron chi connectivity index (χ3n) is 3.55. The largest absolute Gasteiger partial charge is 0.497 e. The average Bonchev–Trinajstić information content (AvgIpc) is 3.01. The van der Waals surface area contributed by atoms with Gasteiger partial charge in [-0.3, -0.25) is 9.59 Å². The van der Waals surface area contributed by atoms with Crippen molar-refractivity contribution in [1.82, 2.24) is 5.43 Å². The Morgan fingerprint density at radius 1 is 1.32 bits per heavy atom. The second kappa shape index (κ2) is 7.59. The van der Waals surface area contributed by atoms with Crippen molar-refractivity contribution in [3.63, 3.8) is 0 Å². The lowest BCUT2D eigenvalue weighted by Gasteiger charge is -2.10. The van der Waals surface area contributed by atoms with Gasteiger partial charge in [0.25, 0.3) is 5.91 Å². The molecular weight excluding hydrogens is 284 g/mol. The SMILES string of the molecule is CCOC(=O)C1CCCC1=NNC(=O)c1ccc(OC)cc1. The first-order valence-corrected chi connectivity index (χ1v) is 7.33. The molecule has 1 fully saturated rings. The smallest absolute Gasteiger partial charge is 0.314 e. The number of hydrogen-bond acceptors (Lipinski definition) is 5. The molecule has 0 spiro atoms. The lowest BCUT2D eigenvalue weighted by molar-refractivity contribution is -0.145. The Labute approximate surface area is 129 Å². The number of carbonyl (C=O) groups excluding carboxylic acids is 2. The molecule has 0 bridgehead atoms. The minimum absolute atomic E-state index is 0.266. The molecule has 1 aliphatic carbocycles. The maximum atomic E-state index is 12.0. The molecule has 118 valence electrons. The van der Waals surface area contributed by atoms with Gasteiger partial charge in [0.1, 0.15) is 5.75 Å². The van der Waals surface area contributed by atoms with Crippen LogP contribution in [0.4, 0.5) is 0 Å². The Hall–Kier alpha value is -2.37. The van der Waals surface area contributed by atoms with E-state index in [4.69, 9.17) is 9.47 Å². The van der Waals surface area contributed by atoms with Crippen molar-refractivity contribution in [1.29, 1.82) is 0 Å². The van der Waals surface area contributed by atoms with Crippen LogP contribution < -0.4 is 10.2 Å². The Balaban J connectivity index is 2.00. The number of methoxy groups -OCH3 is 1. The van der Waals surface area contributed by atoms with Gasteiger partial charge in [0.05, 0.1) is 25.3 Å². The highest BCUT2D eigenvalue weighted by molar-refractivity contribution is 6.04. The molecule has 0 heterocycles. The van der Waals surface area contributed by atoms with E-state index < -0.39 is 0 Å². The van der Waals surface area contributed by atoms with Gasteiger partial charge < -0.3 is 9.47 Å². The summed E-state index contributed by atoms with van der Waals surface area (Å²) < 4.78 is 10.1. The van der Waals surface area contributed by atoms with E-state index in [1.807, 2.05) is 0 Å². The van der Waals surface area contributed by atoms with Crippen LogP contribution in [0.25, 0.3) is 0 Å². The molecule has 1 aliphatic rings. The number of carbonyl (C=O) groups is 2. The highest BCUT2D eigenvalue weighted by atomic mass is 16.5. The zero-order chi connectivity index (χ0) is 15.9. The molecule has 6 nitrogen and oxygen atoms in total. The number of ether oxygens (including phenoxy) is 2. The predicted octanol–water partition coefficient (Wildman–Crippen LogP) is 2.14. The monoisotopic (exact) mass is 304 g/mol. The molecule has 1 atom stereocenters. The van der Waals surface area contributed by atoms with Crippen molar-refractivity contribution in [3.05, 3.63) is 29.8 Å². The lowest BCUT2D eigenvalue weighted by Crippen LogP contribution is -2.25. The summed E-state index contributed by atoms with van der Waals surface area (Å²) in [6, 6.07) is 6.73. The molecule has 1 amide bonds. The topological polar surface area (TPSA) is 77.0 Å². The first kappa shape index (κ1) is 16.0. The van der Waals surface area contributed by atoms with E-state index in [1.165, 1.54) is 0 Å². The molecule has 22 heavy (non-hydrogen) atoms. The van der Waals surface area contributed by atoms with E-state index in [2.05, 4.69) is 10.5 Å². The van der Waals surface area contributed by atoms with Crippen LogP contribution in [0.2, 0.25) is 0 Å². The van der Waals surface area contributed by atoms with Crippen LogP contribution in [-0.2, 0) is 9.53 Å². The van der Waals surface area contributed by atoms with E-state index in [1.54, 1.807) is 38.3 Å². The number of rotatable bonds is 5. The quantitative estimate of drug-likeness (QED) is 0.668. The van der Waals surface area contributed by atoms with Crippen LogP contribution in [0.3, 0.4) is 0 Å². The average molecular weight is 304 g/mol. The molecule has 6 heteroatoms. The fourth-order valence-electron chi connectivity index (χ4n) is 2.39. The predicted molar refractivity (Wildman–Crippen MR) is 81.9 cm³/mol. The number of hydrogen-bond donors (Lipinski definition) is 1. The van der Waals surface area contributed by atoms with Gasteiger partial charge in [-0.25, -0.2) is 5.43 Å². The van der Waals surface area contributed by atoms with E-state index in [0.717, 1.165) is 12.8 Å². The van der Waals surface area contributed by atoms with E-state index in [9.17, 15) is 9.59 Å². The zero-order valence-corrected chi connectivity index (χ0v) is 12.8. The summed E-state index contributed by atoms with van der Waals surface area (Å²) in [6.45, 7) is 2.12. The minimum atomic E-state index is -0.337. The Bertz CT molecular complexity index is 566. The van der Waals surface area contributed by atoms with Gasteiger partial charge in [-0.2, -0.15) is 5.10 Å². The number of amides is 1. The normalized spacial score (nSPS) is 19.0. The standard InChI is InChI=1S/C16H20N2O4/c1-3-22-16(20)13-5-4-6-14(13)17-18-15(19)11-7-9-12(21-2)10-8-11/h7-10,13H,3-6H2,1-2H3,(H,18,19). The summed E-state index contributed by atoms with van der Waals surface area (Å²) in [5.74, 6) is -0.237. The van der Waals surface area contributed by atoms with Crippen molar-refractivity contribution in [3.8, 4) is 5.75 Å². The Morgan fingerprint density at radius 3 is 2.68 bits per heavy atom. The molecular formula is C16H20N2O4. The number of esters is 1. The summed E-state index contributed by atoms with van der Waals surface area (Å²) in [6.07, 6.45) is 2.29. The maximum Gasteiger partial charge on any atom is 0.314 e.